The number of nitrogens with two attached hydrogens (primary N) is 1. The van der Waals surface area contributed by atoms with Gasteiger partial charge in [0.15, 0.2) is 0 Å². The molecular formula is C20H26ClN4O+. The number of hydrogen-bond acceptors (Lipinski definition) is 2. The number of urea groups is 1. The first kappa shape index (κ1) is 18.7. The van der Waals surface area contributed by atoms with Crippen LogP contribution in [0, 0.1) is 0 Å². The van der Waals surface area contributed by atoms with Gasteiger partial charge in [-0.25, -0.2) is 14.3 Å². The first-order valence-corrected chi connectivity index (χ1v) is 9.25. The Morgan fingerprint density at radius 1 is 1.15 bits per heavy atom. The summed E-state index contributed by atoms with van der Waals surface area (Å²) in [4.78, 5) is 17.8. The van der Waals surface area contributed by atoms with Gasteiger partial charge in [0.25, 0.3) is 5.82 Å². The second-order valence-corrected chi connectivity index (χ2v) is 8.25. The third-order valence-electron chi connectivity index (χ3n) is 5.19. The minimum absolute atomic E-state index is 0.0939. The van der Waals surface area contributed by atoms with Gasteiger partial charge in [0.2, 0.25) is 0 Å². The molecule has 0 radical (unpaired) electrons. The van der Waals surface area contributed by atoms with Crippen LogP contribution in [0.15, 0.2) is 42.6 Å². The second kappa shape index (κ2) is 6.89. The molecule has 1 aromatic carbocycles. The molecule has 0 atom stereocenters. The Balaban J connectivity index is 2.05. The van der Waals surface area contributed by atoms with E-state index < -0.39 is 0 Å². The van der Waals surface area contributed by atoms with Gasteiger partial charge in [0.05, 0.1) is 13.1 Å². The number of primary amides is 1. The molecule has 5 nitrogen and oxygen atoms in total. The average molecular weight is 374 g/mol. The molecule has 1 aromatic heterocycles. The van der Waals surface area contributed by atoms with Crippen molar-refractivity contribution in [1.29, 1.82) is 0 Å². The maximum atomic E-state index is 11.6. The molecule has 3 rings (SSSR count). The number of halogens is 1. The summed E-state index contributed by atoms with van der Waals surface area (Å²) in [6, 6.07) is 12.0. The van der Waals surface area contributed by atoms with Gasteiger partial charge in [-0.05, 0) is 35.2 Å². The fourth-order valence-corrected chi connectivity index (χ4v) is 3.84. The molecule has 138 valence electrons. The lowest BCUT2D eigenvalue weighted by Crippen LogP contribution is -2.60. The van der Waals surface area contributed by atoms with Gasteiger partial charge in [-0.1, -0.05) is 44.5 Å². The lowest BCUT2D eigenvalue weighted by molar-refractivity contribution is 0.172. The Labute approximate surface area is 160 Å². The number of hydrogen-bond donors (Lipinski definition) is 1. The van der Waals surface area contributed by atoms with Crippen molar-refractivity contribution in [2.45, 2.75) is 26.2 Å². The van der Waals surface area contributed by atoms with Crippen LogP contribution in [0.25, 0.3) is 0 Å². The van der Waals surface area contributed by atoms with Crippen LogP contribution in [0.3, 0.4) is 0 Å². The predicted molar refractivity (Wildman–Crippen MR) is 107 cm³/mol. The predicted octanol–water partition coefficient (Wildman–Crippen LogP) is 4.07. The number of rotatable bonds is 2. The first-order valence-electron chi connectivity index (χ1n) is 8.88. The molecule has 1 aliphatic heterocycles. The minimum Gasteiger partial charge on any atom is -0.351 e. The highest BCUT2D eigenvalue weighted by molar-refractivity contribution is 6.32. The van der Waals surface area contributed by atoms with Crippen molar-refractivity contribution < 1.29 is 4.79 Å². The van der Waals surface area contributed by atoms with Gasteiger partial charge in [0, 0.05) is 6.20 Å². The summed E-state index contributed by atoms with van der Waals surface area (Å²) in [5, 5.41) is 0.639. The van der Waals surface area contributed by atoms with Crippen LogP contribution >= 0.6 is 11.6 Å². The minimum atomic E-state index is -0.377. The van der Waals surface area contributed by atoms with Crippen LogP contribution < -0.4 is 10.2 Å². The summed E-state index contributed by atoms with van der Waals surface area (Å²) in [7, 11) is 0. The van der Waals surface area contributed by atoms with Crippen molar-refractivity contribution in [2.24, 2.45) is 5.73 Å². The first-order chi connectivity index (χ1) is 12.2. The van der Waals surface area contributed by atoms with Crippen molar-refractivity contribution in [3.8, 4) is 0 Å². The third-order valence-corrected chi connectivity index (χ3v) is 5.48. The van der Waals surface area contributed by atoms with E-state index in [4.69, 9.17) is 17.3 Å². The van der Waals surface area contributed by atoms with E-state index in [1.807, 2.05) is 12.1 Å². The number of pyridine rings is 1. The van der Waals surface area contributed by atoms with Gasteiger partial charge in [-0.15, -0.1) is 0 Å². The van der Waals surface area contributed by atoms with E-state index in [0.717, 1.165) is 11.5 Å². The summed E-state index contributed by atoms with van der Waals surface area (Å²) in [5.41, 5.74) is 7.97. The summed E-state index contributed by atoms with van der Waals surface area (Å²) < 4.78 is 0.522. The summed E-state index contributed by atoms with van der Waals surface area (Å²) >= 11 is 6.52. The Morgan fingerprint density at radius 2 is 1.77 bits per heavy atom. The van der Waals surface area contributed by atoms with E-state index in [0.29, 0.717) is 35.7 Å². The molecular weight excluding hydrogens is 348 g/mol. The van der Waals surface area contributed by atoms with Crippen LogP contribution in [0.1, 0.15) is 26.3 Å². The summed E-state index contributed by atoms with van der Waals surface area (Å²) in [5.74, 6) is 0.821. The maximum Gasteiger partial charge on any atom is 0.315 e. The Morgan fingerprint density at radius 3 is 2.27 bits per heavy atom. The molecule has 0 unspecified atom stereocenters. The average Bonchev–Trinajstić information content (AvgIpc) is 2.61. The quantitative estimate of drug-likeness (QED) is 0.807. The lowest BCUT2D eigenvalue weighted by atomic mass is 9.87. The number of aromatic nitrogens is 1. The van der Waals surface area contributed by atoms with E-state index in [1.165, 1.54) is 5.56 Å². The zero-order valence-corrected chi connectivity index (χ0v) is 16.3. The van der Waals surface area contributed by atoms with Gasteiger partial charge < -0.3 is 10.6 Å². The topological polar surface area (TPSA) is 59.2 Å². The molecule has 2 N–H and O–H groups in total. The van der Waals surface area contributed by atoms with Crippen molar-refractivity contribution in [1.82, 2.24) is 14.4 Å². The molecule has 1 aliphatic rings. The largest absolute Gasteiger partial charge is 0.351 e. The van der Waals surface area contributed by atoms with Crippen molar-refractivity contribution in [3.05, 3.63) is 53.2 Å². The van der Waals surface area contributed by atoms with Crippen LogP contribution in [0.2, 0.25) is 5.02 Å². The molecule has 2 aromatic rings. The lowest BCUT2D eigenvalue weighted by Gasteiger charge is -2.43. The van der Waals surface area contributed by atoms with E-state index >= 15 is 0 Å². The monoisotopic (exact) mass is 373 g/mol. The number of nitrogens with zero attached hydrogens (tertiary/aromatic N) is 3. The molecule has 26 heavy (non-hydrogen) atoms. The molecule has 2 amide bonds. The van der Waals surface area contributed by atoms with E-state index in [-0.39, 0.29) is 11.4 Å². The SMILES string of the molecule is CC(C)(C)c1ccc([N+]2(c3ncccc3Cl)CCN(C(N)=O)CC2)cc1. The van der Waals surface area contributed by atoms with E-state index in [9.17, 15) is 4.79 Å². The number of piperazine rings is 1. The van der Waals surface area contributed by atoms with Crippen LogP contribution in [0.4, 0.5) is 16.3 Å². The van der Waals surface area contributed by atoms with Gasteiger partial charge >= 0.3 is 6.03 Å². The molecule has 0 spiro atoms. The molecule has 0 saturated carbocycles. The van der Waals surface area contributed by atoms with E-state index in [1.54, 1.807) is 11.1 Å². The number of carbonyl (C=O) groups is 1. The Hall–Kier alpha value is -2.11. The fraction of sp³-hybridized carbons (Fsp3) is 0.400. The van der Waals surface area contributed by atoms with Gasteiger partial charge in [0.1, 0.15) is 23.8 Å². The molecule has 1 saturated heterocycles. The molecule has 6 heteroatoms. The number of benzene rings is 1. The molecule has 1 fully saturated rings. The highest BCUT2D eigenvalue weighted by atomic mass is 35.5. The van der Waals surface area contributed by atoms with E-state index in [2.05, 4.69) is 50.0 Å². The Kier molecular flexibility index (Phi) is 4.95. The number of quaternary nitrogens is 1. The highest BCUT2D eigenvalue weighted by Gasteiger charge is 2.41. The standard InChI is InChI=1S/C20H25ClN4O/c1-20(2,3)15-6-8-16(9-7-15)25(18-17(21)5-4-10-23-18)13-11-24(12-14-25)19(22)26/h4-10H,11-14H2,1-3H3,(H-,22,26)/p+1. The molecule has 0 bridgehead atoms. The normalized spacial score (nSPS) is 17.2. The molecule has 2 heterocycles. The van der Waals surface area contributed by atoms with Crippen LogP contribution in [0.5, 0.6) is 0 Å². The van der Waals surface area contributed by atoms with Crippen LogP contribution in [-0.4, -0.2) is 42.1 Å². The molecule has 0 aliphatic carbocycles. The second-order valence-electron chi connectivity index (χ2n) is 7.85. The van der Waals surface area contributed by atoms with Crippen molar-refractivity contribution in [3.63, 3.8) is 0 Å². The van der Waals surface area contributed by atoms with Crippen LogP contribution in [-0.2, 0) is 5.41 Å². The van der Waals surface area contributed by atoms with Gasteiger partial charge in [-0.2, -0.15) is 0 Å². The third kappa shape index (κ3) is 3.41. The summed E-state index contributed by atoms with van der Waals surface area (Å²) in [6.45, 7) is 9.13. The highest BCUT2D eigenvalue weighted by Crippen LogP contribution is 2.39. The van der Waals surface area contributed by atoms with Crippen molar-refractivity contribution in [2.75, 3.05) is 26.2 Å². The Bertz CT molecular complexity index is 790. The zero-order valence-electron chi connectivity index (χ0n) is 15.6. The summed E-state index contributed by atoms with van der Waals surface area (Å²) in [6.07, 6.45) is 1.77. The number of carbonyl (C=O) groups excluding carboxylic acids is 1. The fourth-order valence-electron chi connectivity index (χ4n) is 3.56. The maximum absolute atomic E-state index is 11.6. The van der Waals surface area contributed by atoms with Gasteiger partial charge in [-0.3, -0.25) is 0 Å². The number of amides is 2. The van der Waals surface area contributed by atoms with Crippen molar-refractivity contribution >= 4 is 29.1 Å². The smallest absolute Gasteiger partial charge is 0.315 e. The zero-order chi connectivity index (χ0) is 18.9.